The number of ether oxygens (including phenoxy) is 2. The molecular weight excluding hydrogens is 332 g/mol. The smallest absolute Gasteiger partial charge is 0.178 e. The van der Waals surface area contributed by atoms with Crippen molar-refractivity contribution in [2.75, 3.05) is 13.7 Å². The number of halogens is 1. The van der Waals surface area contributed by atoms with E-state index in [0.29, 0.717) is 18.8 Å². The van der Waals surface area contributed by atoms with E-state index in [-0.39, 0.29) is 10.6 Å². The molecule has 0 spiro atoms. The predicted octanol–water partition coefficient (Wildman–Crippen LogP) is 3.86. The summed E-state index contributed by atoms with van der Waals surface area (Å²) in [6, 6.07) is 17.1. The van der Waals surface area contributed by atoms with Crippen LogP contribution in [0.15, 0.2) is 54.6 Å². The van der Waals surface area contributed by atoms with Crippen LogP contribution in [0.2, 0.25) is 0 Å². The summed E-state index contributed by atoms with van der Waals surface area (Å²) in [6.07, 6.45) is 0. The number of Topliss-reactive ketones (excluding diaryl/α,β-unsaturated/α-hetero) is 1. The zero-order valence-electron chi connectivity index (χ0n) is 11.8. The molecule has 0 amide bonds. The SMILES string of the molecule is COCC(Br)C(=O)c1ccc(OCc2ccccc2)cc1. The molecule has 0 saturated heterocycles. The molecule has 1 atom stereocenters. The number of carbonyl (C=O) groups excluding carboxylic acids is 1. The molecule has 0 radical (unpaired) electrons. The fraction of sp³-hybridized carbons (Fsp3) is 0.235. The summed E-state index contributed by atoms with van der Waals surface area (Å²) in [6.45, 7) is 0.865. The summed E-state index contributed by atoms with van der Waals surface area (Å²) in [5.74, 6) is 0.750. The van der Waals surface area contributed by atoms with Crippen LogP contribution >= 0.6 is 15.9 Å². The van der Waals surface area contributed by atoms with Gasteiger partial charge in [-0.15, -0.1) is 0 Å². The van der Waals surface area contributed by atoms with Gasteiger partial charge in [0.2, 0.25) is 0 Å². The van der Waals surface area contributed by atoms with Gasteiger partial charge in [-0.25, -0.2) is 0 Å². The second kappa shape index (κ2) is 7.96. The normalized spacial score (nSPS) is 11.9. The molecule has 2 rings (SSSR count). The largest absolute Gasteiger partial charge is 0.489 e. The number of hydrogen-bond donors (Lipinski definition) is 0. The van der Waals surface area contributed by atoms with Crippen molar-refractivity contribution in [2.24, 2.45) is 0 Å². The van der Waals surface area contributed by atoms with Crippen LogP contribution in [0.25, 0.3) is 0 Å². The van der Waals surface area contributed by atoms with Gasteiger partial charge in [0.1, 0.15) is 17.2 Å². The lowest BCUT2D eigenvalue weighted by molar-refractivity contribution is 0.0947. The first-order chi connectivity index (χ1) is 10.2. The number of rotatable bonds is 7. The molecule has 4 heteroatoms. The van der Waals surface area contributed by atoms with Gasteiger partial charge in [-0.3, -0.25) is 4.79 Å². The van der Waals surface area contributed by atoms with Crippen molar-refractivity contribution in [3.05, 3.63) is 65.7 Å². The minimum absolute atomic E-state index is 0.00598. The molecule has 0 fully saturated rings. The van der Waals surface area contributed by atoms with Crippen LogP contribution < -0.4 is 4.74 Å². The van der Waals surface area contributed by atoms with Gasteiger partial charge in [-0.2, -0.15) is 0 Å². The molecule has 0 aromatic heterocycles. The number of hydrogen-bond acceptors (Lipinski definition) is 3. The first kappa shape index (κ1) is 15.7. The Kier molecular flexibility index (Phi) is 5.96. The summed E-state index contributed by atoms with van der Waals surface area (Å²) < 4.78 is 10.7. The molecule has 1 unspecified atom stereocenters. The minimum Gasteiger partial charge on any atom is -0.489 e. The summed E-state index contributed by atoms with van der Waals surface area (Å²) in [7, 11) is 1.57. The van der Waals surface area contributed by atoms with Crippen molar-refractivity contribution < 1.29 is 14.3 Å². The zero-order valence-corrected chi connectivity index (χ0v) is 13.4. The van der Waals surface area contributed by atoms with Crippen LogP contribution in [0.5, 0.6) is 5.75 Å². The quantitative estimate of drug-likeness (QED) is 0.563. The molecule has 21 heavy (non-hydrogen) atoms. The van der Waals surface area contributed by atoms with Crippen LogP contribution in [0.4, 0.5) is 0 Å². The molecule has 0 saturated carbocycles. The van der Waals surface area contributed by atoms with E-state index in [2.05, 4.69) is 15.9 Å². The van der Waals surface area contributed by atoms with Gasteiger partial charge in [0, 0.05) is 12.7 Å². The highest BCUT2D eigenvalue weighted by molar-refractivity contribution is 9.10. The third-order valence-electron chi connectivity index (χ3n) is 2.98. The second-order valence-electron chi connectivity index (χ2n) is 4.59. The van der Waals surface area contributed by atoms with Gasteiger partial charge in [-0.05, 0) is 29.8 Å². The van der Waals surface area contributed by atoms with Gasteiger partial charge < -0.3 is 9.47 Å². The predicted molar refractivity (Wildman–Crippen MR) is 86.1 cm³/mol. The lowest BCUT2D eigenvalue weighted by Gasteiger charge is -2.09. The van der Waals surface area contributed by atoms with E-state index < -0.39 is 0 Å². The van der Waals surface area contributed by atoms with Crippen LogP contribution in [-0.4, -0.2) is 24.3 Å². The molecule has 0 heterocycles. The van der Waals surface area contributed by atoms with Crippen LogP contribution in [0.3, 0.4) is 0 Å². The van der Waals surface area contributed by atoms with E-state index in [0.717, 1.165) is 11.3 Å². The summed E-state index contributed by atoms with van der Waals surface area (Å²) in [5.41, 5.74) is 1.75. The van der Waals surface area contributed by atoms with Crippen molar-refractivity contribution >= 4 is 21.7 Å². The Labute approximate surface area is 133 Å². The third-order valence-corrected chi connectivity index (χ3v) is 3.66. The topological polar surface area (TPSA) is 35.5 Å². The van der Waals surface area contributed by atoms with Crippen LogP contribution in [0.1, 0.15) is 15.9 Å². The van der Waals surface area contributed by atoms with Crippen molar-refractivity contribution in [3.63, 3.8) is 0 Å². The van der Waals surface area contributed by atoms with Gasteiger partial charge in [0.05, 0.1) is 6.61 Å². The van der Waals surface area contributed by atoms with Crippen molar-refractivity contribution in [3.8, 4) is 5.75 Å². The molecule has 0 aliphatic heterocycles. The Hall–Kier alpha value is -1.65. The van der Waals surface area contributed by atoms with Crippen molar-refractivity contribution in [2.45, 2.75) is 11.4 Å². The number of alkyl halides is 1. The molecule has 110 valence electrons. The Balaban J connectivity index is 1.94. The first-order valence-corrected chi connectivity index (χ1v) is 7.56. The Morgan fingerprint density at radius 1 is 1.10 bits per heavy atom. The summed E-state index contributed by atoms with van der Waals surface area (Å²) in [4.78, 5) is 11.7. The van der Waals surface area contributed by atoms with Gasteiger partial charge in [-0.1, -0.05) is 46.3 Å². The highest BCUT2D eigenvalue weighted by Crippen LogP contribution is 2.17. The van der Waals surface area contributed by atoms with Crippen molar-refractivity contribution in [1.29, 1.82) is 0 Å². The maximum atomic E-state index is 12.1. The lowest BCUT2D eigenvalue weighted by atomic mass is 10.1. The molecule has 2 aromatic rings. The van der Waals surface area contributed by atoms with Crippen LogP contribution in [-0.2, 0) is 11.3 Å². The molecule has 0 aliphatic carbocycles. The molecular formula is C17H17BrO3. The number of methoxy groups -OCH3 is 1. The summed E-state index contributed by atoms with van der Waals surface area (Å²) in [5, 5.41) is 0. The standard InChI is InChI=1S/C17H17BrO3/c1-20-12-16(18)17(19)14-7-9-15(10-8-14)21-11-13-5-3-2-4-6-13/h2-10,16H,11-12H2,1H3. The average Bonchev–Trinajstić information content (AvgIpc) is 2.54. The highest BCUT2D eigenvalue weighted by atomic mass is 79.9. The first-order valence-electron chi connectivity index (χ1n) is 6.64. The Morgan fingerprint density at radius 3 is 2.38 bits per heavy atom. The molecule has 0 N–H and O–H groups in total. The average molecular weight is 349 g/mol. The third kappa shape index (κ3) is 4.69. The van der Waals surface area contributed by atoms with E-state index >= 15 is 0 Å². The van der Waals surface area contributed by atoms with E-state index in [9.17, 15) is 4.79 Å². The monoisotopic (exact) mass is 348 g/mol. The Bertz CT molecular complexity index is 566. The Morgan fingerprint density at radius 2 is 1.76 bits per heavy atom. The number of carbonyl (C=O) groups is 1. The molecule has 3 nitrogen and oxygen atoms in total. The number of benzene rings is 2. The second-order valence-corrected chi connectivity index (χ2v) is 5.69. The maximum absolute atomic E-state index is 12.1. The van der Waals surface area contributed by atoms with Gasteiger partial charge >= 0.3 is 0 Å². The van der Waals surface area contributed by atoms with Gasteiger partial charge in [0.15, 0.2) is 5.78 Å². The van der Waals surface area contributed by atoms with Gasteiger partial charge in [0.25, 0.3) is 0 Å². The van der Waals surface area contributed by atoms with E-state index in [1.54, 1.807) is 19.2 Å². The minimum atomic E-state index is -0.321. The fourth-order valence-electron chi connectivity index (χ4n) is 1.86. The summed E-state index contributed by atoms with van der Waals surface area (Å²) >= 11 is 3.31. The fourth-order valence-corrected chi connectivity index (χ4v) is 2.39. The molecule has 2 aromatic carbocycles. The van der Waals surface area contributed by atoms with E-state index in [4.69, 9.17) is 9.47 Å². The van der Waals surface area contributed by atoms with Crippen LogP contribution in [0, 0.1) is 0 Å². The van der Waals surface area contributed by atoms with E-state index in [1.165, 1.54) is 0 Å². The van der Waals surface area contributed by atoms with Crippen molar-refractivity contribution in [1.82, 2.24) is 0 Å². The highest BCUT2D eigenvalue weighted by Gasteiger charge is 2.16. The van der Waals surface area contributed by atoms with E-state index in [1.807, 2.05) is 42.5 Å². The molecule has 0 aliphatic rings. The number of ketones is 1. The zero-order chi connectivity index (χ0) is 15.1. The molecule has 0 bridgehead atoms. The lowest BCUT2D eigenvalue weighted by Crippen LogP contribution is -2.19. The maximum Gasteiger partial charge on any atom is 0.178 e.